The number of amides is 1. The van der Waals surface area contributed by atoms with Gasteiger partial charge in [0.25, 0.3) is 0 Å². The molecule has 1 aliphatic rings. The summed E-state index contributed by atoms with van der Waals surface area (Å²) in [6.45, 7) is 4.03. The van der Waals surface area contributed by atoms with Crippen LogP contribution >= 0.6 is 11.6 Å². The quantitative estimate of drug-likeness (QED) is 0.926. The number of carbonyl (C=O) groups excluding carboxylic acids is 1. The lowest BCUT2D eigenvalue weighted by molar-refractivity contribution is 0.0883. The van der Waals surface area contributed by atoms with Crippen molar-refractivity contribution < 1.29 is 9.32 Å². The number of nitrogens with one attached hydrogen (secondary N) is 1. The third-order valence-corrected chi connectivity index (χ3v) is 4.73. The van der Waals surface area contributed by atoms with Crippen molar-refractivity contribution in [2.24, 2.45) is 0 Å². The lowest BCUT2D eigenvalue weighted by atomic mass is 9.95. The molecule has 3 rings (SSSR count). The molecule has 124 valence electrons. The Kier molecular flexibility index (Phi) is 4.66. The van der Waals surface area contributed by atoms with Crippen molar-refractivity contribution in [3.05, 3.63) is 28.1 Å². The number of hydrogen-bond acceptors (Lipinski definition) is 5. The fourth-order valence-corrected chi connectivity index (χ4v) is 3.00. The van der Waals surface area contributed by atoms with E-state index in [0.29, 0.717) is 17.4 Å². The number of aryl methyl sites for hydroxylation is 1. The van der Waals surface area contributed by atoms with Gasteiger partial charge in [-0.3, -0.25) is 9.48 Å². The molecule has 0 bridgehead atoms. The highest BCUT2D eigenvalue weighted by Gasteiger charge is 2.21. The van der Waals surface area contributed by atoms with Gasteiger partial charge in [-0.2, -0.15) is 10.1 Å². The summed E-state index contributed by atoms with van der Waals surface area (Å²) in [7, 11) is 0. The molecule has 2 aromatic heterocycles. The van der Waals surface area contributed by atoms with Crippen LogP contribution in [0.15, 0.2) is 4.52 Å². The van der Waals surface area contributed by atoms with Crippen molar-refractivity contribution in [3.8, 4) is 0 Å². The van der Waals surface area contributed by atoms with Crippen LogP contribution in [0.4, 0.5) is 0 Å². The molecular formula is C15H20ClN5O2. The molecule has 0 aliphatic heterocycles. The molecule has 0 aromatic carbocycles. The second kappa shape index (κ2) is 6.70. The van der Waals surface area contributed by atoms with Gasteiger partial charge in [-0.25, -0.2) is 0 Å². The van der Waals surface area contributed by atoms with Gasteiger partial charge >= 0.3 is 11.8 Å². The normalized spacial score (nSPS) is 15.8. The molecule has 0 unspecified atom stereocenters. The SMILES string of the molecule is Cc1nn(Cc2noc(C(=O)NC3CCCCC3)n2)c(C)c1Cl. The third-order valence-electron chi connectivity index (χ3n) is 4.19. The van der Waals surface area contributed by atoms with Crippen LogP contribution in [0.5, 0.6) is 0 Å². The van der Waals surface area contributed by atoms with Crippen molar-refractivity contribution in [1.29, 1.82) is 0 Å². The molecule has 7 nitrogen and oxygen atoms in total. The van der Waals surface area contributed by atoms with Gasteiger partial charge < -0.3 is 9.84 Å². The van der Waals surface area contributed by atoms with E-state index in [4.69, 9.17) is 16.1 Å². The maximum absolute atomic E-state index is 12.2. The fraction of sp³-hybridized carbons (Fsp3) is 0.600. The third kappa shape index (κ3) is 3.55. The monoisotopic (exact) mass is 337 g/mol. The lowest BCUT2D eigenvalue weighted by Gasteiger charge is -2.21. The predicted molar refractivity (Wildman–Crippen MR) is 84.5 cm³/mol. The Labute approximate surface area is 139 Å². The van der Waals surface area contributed by atoms with Crippen molar-refractivity contribution in [2.45, 2.75) is 58.5 Å². The molecule has 0 spiro atoms. The minimum absolute atomic E-state index is 0.00167. The second-order valence-electron chi connectivity index (χ2n) is 5.97. The Bertz CT molecular complexity index is 703. The maximum Gasteiger partial charge on any atom is 0.316 e. The molecule has 1 saturated carbocycles. The van der Waals surface area contributed by atoms with E-state index in [2.05, 4.69) is 20.6 Å². The summed E-state index contributed by atoms with van der Waals surface area (Å²) in [5, 5.41) is 11.8. The topological polar surface area (TPSA) is 85.8 Å². The number of aromatic nitrogens is 4. The highest BCUT2D eigenvalue weighted by molar-refractivity contribution is 6.31. The molecule has 1 aliphatic carbocycles. The zero-order valence-electron chi connectivity index (χ0n) is 13.3. The fourth-order valence-electron chi connectivity index (χ4n) is 2.87. The van der Waals surface area contributed by atoms with Gasteiger partial charge in [0.1, 0.15) is 6.54 Å². The largest absolute Gasteiger partial charge is 0.345 e. The second-order valence-corrected chi connectivity index (χ2v) is 6.34. The van der Waals surface area contributed by atoms with Crippen LogP contribution in [0.25, 0.3) is 0 Å². The number of hydrogen-bond donors (Lipinski definition) is 1. The van der Waals surface area contributed by atoms with Crippen molar-refractivity contribution in [2.75, 3.05) is 0 Å². The van der Waals surface area contributed by atoms with Crippen LogP contribution < -0.4 is 5.32 Å². The van der Waals surface area contributed by atoms with Crippen molar-refractivity contribution in [1.82, 2.24) is 25.2 Å². The first-order chi connectivity index (χ1) is 11.0. The van der Waals surface area contributed by atoms with Gasteiger partial charge in [-0.1, -0.05) is 36.0 Å². The first-order valence-electron chi connectivity index (χ1n) is 7.87. The standard InChI is InChI=1S/C15H20ClN5O2/c1-9-13(16)10(2)21(19-9)8-12-18-15(23-20-12)14(22)17-11-6-4-3-5-7-11/h11H,3-8H2,1-2H3,(H,17,22). The Morgan fingerprint density at radius 1 is 1.35 bits per heavy atom. The highest BCUT2D eigenvalue weighted by Crippen LogP contribution is 2.20. The highest BCUT2D eigenvalue weighted by atomic mass is 35.5. The van der Waals surface area contributed by atoms with Crippen LogP contribution in [0.2, 0.25) is 5.02 Å². The van der Waals surface area contributed by atoms with Crippen molar-refractivity contribution in [3.63, 3.8) is 0 Å². The van der Waals surface area contributed by atoms with E-state index in [1.165, 1.54) is 6.42 Å². The summed E-state index contributed by atoms with van der Waals surface area (Å²) < 4.78 is 6.77. The molecule has 0 atom stereocenters. The molecule has 2 aromatic rings. The van der Waals surface area contributed by atoms with E-state index in [9.17, 15) is 4.79 Å². The van der Waals surface area contributed by atoms with Gasteiger partial charge in [-0.15, -0.1) is 0 Å². The molecule has 8 heteroatoms. The molecule has 0 radical (unpaired) electrons. The van der Waals surface area contributed by atoms with Crippen LogP contribution in [-0.4, -0.2) is 31.9 Å². The summed E-state index contributed by atoms with van der Waals surface area (Å²) in [5.74, 6) is 0.0984. The minimum Gasteiger partial charge on any atom is -0.345 e. The van der Waals surface area contributed by atoms with Crippen molar-refractivity contribution >= 4 is 17.5 Å². The van der Waals surface area contributed by atoms with E-state index in [0.717, 1.165) is 37.1 Å². The summed E-state index contributed by atoms with van der Waals surface area (Å²) >= 11 is 6.12. The smallest absolute Gasteiger partial charge is 0.316 e. The molecule has 1 fully saturated rings. The average molecular weight is 338 g/mol. The summed E-state index contributed by atoms with van der Waals surface area (Å²) in [6, 6.07) is 0.210. The van der Waals surface area contributed by atoms with Gasteiger partial charge in [0, 0.05) is 6.04 Å². The van der Waals surface area contributed by atoms with Crippen LogP contribution in [0, 0.1) is 13.8 Å². The molecular weight excluding hydrogens is 318 g/mol. The van der Waals surface area contributed by atoms with E-state index in [1.54, 1.807) is 4.68 Å². The summed E-state index contributed by atoms with van der Waals surface area (Å²) in [6.07, 6.45) is 5.56. The van der Waals surface area contributed by atoms with Gasteiger partial charge in [-0.05, 0) is 26.7 Å². The first-order valence-corrected chi connectivity index (χ1v) is 8.25. The number of nitrogens with zero attached hydrogens (tertiary/aromatic N) is 4. The van der Waals surface area contributed by atoms with Gasteiger partial charge in [0.05, 0.1) is 16.4 Å². The lowest BCUT2D eigenvalue weighted by Crippen LogP contribution is -2.36. The number of halogens is 1. The Morgan fingerprint density at radius 3 is 2.74 bits per heavy atom. The zero-order chi connectivity index (χ0) is 16.4. The molecule has 2 heterocycles. The van der Waals surface area contributed by atoms with Crippen LogP contribution in [0.1, 0.15) is 60.0 Å². The van der Waals surface area contributed by atoms with E-state index in [1.807, 2.05) is 13.8 Å². The van der Waals surface area contributed by atoms with Gasteiger partial charge in [0.15, 0.2) is 5.82 Å². The average Bonchev–Trinajstić information content (AvgIpc) is 3.10. The van der Waals surface area contributed by atoms with E-state index < -0.39 is 0 Å². The Hall–Kier alpha value is -1.89. The zero-order valence-corrected chi connectivity index (χ0v) is 14.1. The molecule has 0 saturated heterocycles. The predicted octanol–water partition coefficient (Wildman–Crippen LogP) is 2.65. The number of carbonyl (C=O) groups is 1. The molecule has 1 N–H and O–H groups in total. The Morgan fingerprint density at radius 2 is 2.09 bits per heavy atom. The summed E-state index contributed by atoms with van der Waals surface area (Å²) in [4.78, 5) is 16.3. The Balaban J connectivity index is 1.65. The van der Waals surface area contributed by atoms with Gasteiger partial charge in [0.2, 0.25) is 0 Å². The van der Waals surface area contributed by atoms with Crippen LogP contribution in [-0.2, 0) is 6.54 Å². The van der Waals surface area contributed by atoms with E-state index in [-0.39, 0.29) is 17.8 Å². The number of rotatable bonds is 4. The minimum atomic E-state index is -0.304. The van der Waals surface area contributed by atoms with Crippen LogP contribution in [0.3, 0.4) is 0 Å². The molecule has 1 amide bonds. The first kappa shape index (κ1) is 16.0. The summed E-state index contributed by atoms with van der Waals surface area (Å²) in [5.41, 5.74) is 1.59. The maximum atomic E-state index is 12.2. The molecule has 23 heavy (non-hydrogen) atoms. The van der Waals surface area contributed by atoms with E-state index >= 15 is 0 Å².